The average Bonchev–Trinajstić information content (AvgIpc) is 3.53. The van der Waals surface area contributed by atoms with E-state index >= 15 is 0 Å². The van der Waals surface area contributed by atoms with Crippen LogP contribution in [0.3, 0.4) is 0 Å². The Morgan fingerprint density at radius 1 is 0.933 bits per heavy atom. The van der Waals surface area contributed by atoms with Crippen LogP contribution in [0.1, 0.15) is 22.3 Å². The maximum Gasteiger partial charge on any atom is 0.255 e. The van der Waals surface area contributed by atoms with E-state index in [9.17, 15) is 14.4 Å². The Bertz CT molecular complexity index is 1080. The number of hydrogen-bond acceptors (Lipinski definition) is 3. The normalized spacial score (nSPS) is 32.8. The minimum absolute atomic E-state index is 0.106. The molecule has 150 valence electrons. The molecule has 0 spiro atoms. The largest absolute Gasteiger partial charge is 0.322 e. The van der Waals surface area contributed by atoms with Crippen LogP contribution in [0.2, 0.25) is 0 Å². The topological polar surface area (TPSA) is 66.5 Å². The SMILES string of the molecule is Cc1ccc(NC(=O)c2cccc(N3C(=O)[C@@H]4[C@H]5C=C[C@@H]([C@@H]6C[C@H]56)[C@H]4C3=O)c2)cc1. The molecule has 4 aliphatic carbocycles. The highest BCUT2D eigenvalue weighted by Gasteiger charge is 2.67. The van der Waals surface area contributed by atoms with Crippen LogP contribution >= 0.6 is 0 Å². The first-order valence-corrected chi connectivity index (χ1v) is 10.6. The third kappa shape index (κ3) is 2.44. The quantitative estimate of drug-likeness (QED) is 0.632. The van der Waals surface area contributed by atoms with Gasteiger partial charge in [-0.1, -0.05) is 35.9 Å². The molecule has 0 radical (unpaired) electrons. The van der Waals surface area contributed by atoms with Gasteiger partial charge in [-0.15, -0.1) is 0 Å². The first-order chi connectivity index (χ1) is 14.5. The Morgan fingerprint density at radius 2 is 1.57 bits per heavy atom. The standard InChI is InChI=1S/C25H22N2O3/c1-13-5-7-15(8-6-13)26-23(28)14-3-2-4-16(11-14)27-24(29)21-17-9-10-18(20-12-19(17)20)22(21)25(27)30/h2-11,17-22H,12H2,1H3,(H,26,28)/t17-,18-,19-,20+,21+,22+/m0/s1. The summed E-state index contributed by atoms with van der Waals surface area (Å²) in [5.74, 6) is 0.590. The Hall–Kier alpha value is -3.21. The maximum absolute atomic E-state index is 13.3. The fourth-order valence-corrected chi connectivity index (χ4v) is 5.84. The van der Waals surface area contributed by atoms with Gasteiger partial charge in [-0.2, -0.15) is 0 Å². The molecule has 2 aromatic rings. The first kappa shape index (κ1) is 17.6. The van der Waals surface area contributed by atoms with E-state index in [1.165, 1.54) is 4.90 Å². The molecule has 6 atom stereocenters. The number of aryl methyl sites for hydroxylation is 1. The molecule has 3 amide bonds. The Balaban J connectivity index is 1.28. The van der Waals surface area contributed by atoms with Crippen molar-refractivity contribution in [1.82, 2.24) is 0 Å². The van der Waals surface area contributed by atoms with E-state index < -0.39 is 0 Å². The monoisotopic (exact) mass is 398 g/mol. The highest BCUT2D eigenvalue weighted by atomic mass is 16.2. The van der Waals surface area contributed by atoms with E-state index in [2.05, 4.69) is 17.5 Å². The third-order valence-corrected chi connectivity index (χ3v) is 7.34. The molecule has 3 fully saturated rings. The van der Waals surface area contributed by atoms with Gasteiger partial charge < -0.3 is 5.32 Å². The lowest BCUT2D eigenvalue weighted by Gasteiger charge is -2.37. The summed E-state index contributed by atoms with van der Waals surface area (Å²) in [6.45, 7) is 1.99. The molecular weight excluding hydrogens is 376 g/mol. The predicted octanol–water partition coefficient (Wildman–Crippen LogP) is 3.80. The van der Waals surface area contributed by atoms with Gasteiger partial charge >= 0.3 is 0 Å². The number of nitrogens with one attached hydrogen (secondary N) is 1. The van der Waals surface area contributed by atoms with Crippen LogP contribution in [0.25, 0.3) is 0 Å². The van der Waals surface area contributed by atoms with Gasteiger partial charge in [0.15, 0.2) is 0 Å². The Labute approximate surface area is 174 Å². The number of benzene rings is 2. The highest BCUT2D eigenvalue weighted by Crippen LogP contribution is 2.65. The van der Waals surface area contributed by atoms with E-state index in [0.29, 0.717) is 28.8 Å². The molecule has 5 nitrogen and oxygen atoms in total. The van der Waals surface area contributed by atoms with E-state index in [4.69, 9.17) is 0 Å². The minimum Gasteiger partial charge on any atom is -0.322 e. The summed E-state index contributed by atoms with van der Waals surface area (Å²) < 4.78 is 0. The van der Waals surface area contributed by atoms with Crippen molar-refractivity contribution < 1.29 is 14.4 Å². The zero-order valence-corrected chi connectivity index (χ0v) is 16.6. The predicted molar refractivity (Wildman–Crippen MR) is 113 cm³/mol. The summed E-state index contributed by atoms with van der Waals surface area (Å²) in [5.41, 5.74) is 2.73. The number of anilines is 2. The Kier molecular flexibility index (Phi) is 3.61. The van der Waals surface area contributed by atoms with Gasteiger partial charge in [0.1, 0.15) is 0 Å². The van der Waals surface area contributed by atoms with Gasteiger partial charge in [0.25, 0.3) is 5.91 Å². The van der Waals surface area contributed by atoms with Crippen LogP contribution in [0.4, 0.5) is 11.4 Å². The van der Waals surface area contributed by atoms with Crippen LogP contribution in [-0.2, 0) is 9.59 Å². The molecule has 2 aromatic carbocycles. The van der Waals surface area contributed by atoms with Gasteiger partial charge in [-0.25, -0.2) is 4.90 Å². The molecule has 7 rings (SSSR count). The number of nitrogens with zero attached hydrogens (tertiary/aromatic N) is 1. The molecule has 5 heteroatoms. The van der Waals surface area contributed by atoms with E-state index in [0.717, 1.165) is 12.0 Å². The fraction of sp³-hybridized carbons (Fsp3) is 0.320. The summed E-state index contributed by atoms with van der Waals surface area (Å²) in [4.78, 5) is 40.6. The van der Waals surface area contributed by atoms with Crippen LogP contribution < -0.4 is 10.2 Å². The lowest BCUT2D eigenvalue weighted by atomic mass is 9.63. The summed E-state index contributed by atoms with van der Waals surface area (Å²) in [7, 11) is 0. The van der Waals surface area contributed by atoms with Crippen LogP contribution in [0, 0.1) is 42.4 Å². The van der Waals surface area contributed by atoms with Crippen molar-refractivity contribution in [2.24, 2.45) is 35.5 Å². The van der Waals surface area contributed by atoms with Crippen molar-refractivity contribution in [1.29, 1.82) is 0 Å². The van der Waals surface area contributed by atoms with Gasteiger partial charge in [0, 0.05) is 11.3 Å². The van der Waals surface area contributed by atoms with E-state index in [-0.39, 0.29) is 41.4 Å². The van der Waals surface area contributed by atoms with Gasteiger partial charge in [-0.3, -0.25) is 14.4 Å². The smallest absolute Gasteiger partial charge is 0.255 e. The maximum atomic E-state index is 13.3. The molecule has 30 heavy (non-hydrogen) atoms. The van der Waals surface area contributed by atoms with E-state index in [1.807, 2.05) is 31.2 Å². The molecule has 0 aromatic heterocycles. The van der Waals surface area contributed by atoms with Crippen molar-refractivity contribution in [3.63, 3.8) is 0 Å². The molecular formula is C25H22N2O3. The zero-order valence-electron chi connectivity index (χ0n) is 16.6. The summed E-state index contributed by atoms with van der Waals surface area (Å²) in [6, 6.07) is 14.4. The average molecular weight is 398 g/mol. The van der Waals surface area contributed by atoms with Crippen LogP contribution in [0.15, 0.2) is 60.7 Å². The van der Waals surface area contributed by atoms with Gasteiger partial charge in [0.2, 0.25) is 11.8 Å². The van der Waals surface area contributed by atoms with Crippen molar-refractivity contribution in [3.8, 4) is 0 Å². The lowest BCUT2D eigenvalue weighted by molar-refractivity contribution is -0.124. The number of carbonyl (C=O) groups excluding carboxylic acids is 3. The van der Waals surface area contributed by atoms with Crippen molar-refractivity contribution in [2.45, 2.75) is 13.3 Å². The second kappa shape index (κ2) is 6.14. The molecule has 2 saturated carbocycles. The Morgan fingerprint density at radius 3 is 2.20 bits per heavy atom. The van der Waals surface area contributed by atoms with Crippen LogP contribution in [-0.4, -0.2) is 17.7 Å². The summed E-state index contributed by atoms with van der Waals surface area (Å²) in [5, 5.41) is 2.87. The summed E-state index contributed by atoms with van der Waals surface area (Å²) in [6.07, 6.45) is 5.48. The van der Waals surface area contributed by atoms with Crippen molar-refractivity contribution in [2.75, 3.05) is 10.2 Å². The molecule has 1 aliphatic heterocycles. The number of rotatable bonds is 3. The molecule has 0 unspecified atom stereocenters. The second-order valence-corrected chi connectivity index (χ2v) is 9.04. The van der Waals surface area contributed by atoms with Crippen molar-refractivity contribution in [3.05, 3.63) is 71.8 Å². The number of imide groups is 1. The molecule has 1 N–H and O–H groups in total. The zero-order chi connectivity index (χ0) is 20.6. The third-order valence-electron chi connectivity index (χ3n) is 7.34. The van der Waals surface area contributed by atoms with Gasteiger partial charge in [-0.05, 0) is 67.3 Å². The lowest BCUT2D eigenvalue weighted by Crippen LogP contribution is -2.40. The molecule has 2 bridgehead atoms. The summed E-state index contributed by atoms with van der Waals surface area (Å²) >= 11 is 0. The molecule has 5 aliphatic rings. The molecule has 1 heterocycles. The number of amides is 3. The van der Waals surface area contributed by atoms with Crippen LogP contribution in [0.5, 0.6) is 0 Å². The minimum atomic E-state index is -0.264. The van der Waals surface area contributed by atoms with Gasteiger partial charge in [0.05, 0.1) is 17.5 Å². The second-order valence-electron chi connectivity index (χ2n) is 9.04. The molecule has 1 saturated heterocycles. The number of hydrogen-bond donors (Lipinski definition) is 1. The van der Waals surface area contributed by atoms with E-state index in [1.54, 1.807) is 24.3 Å². The van der Waals surface area contributed by atoms with Crippen molar-refractivity contribution >= 4 is 29.1 Å². The fourth-order valence-electron chi connectivity index (χ4n) is 5.84. The number of carbonyl (C=O) groups is 3. The first-order valence-electron chi connectivity index (χ1n) is 10.6. The highest BCUT2D eigenvalue weighted by molar-refractivity contribution is 6.23. The number of allylic oxidation sites excluding steroid dienone is 2.